The van der Waals surface area contributed by atoms with E-state index < -0.39 is 0 Å². The number of carbonyl (C=O) groups excluding carboxylic acids is 1. The first-order chi connectivity index (χ1) is 8.83. The van der Waals surface area contributed by atoms with Crippen LogP contribution in [0.15, 0.2) is 41.9 Å². The first kappa shape index (κ1) is 11.0. The van der Waals surface area contributed by atoms with Crippen molar-refractivity contribution in [2.75, 3.05) is 5.32 Å². The molecular formula is C13H11N3OS. The van der Waals surface area contributed by atoms with Crippen LogP contribution in [-0.4, -0.2) is 16.1 Å². The Morgan fingerprint density at radius 3 is 3.11 bits per heavy atom. The van der Waals surface area contributed by atoms with Gasteiger partial charge in [-0.3, -0.25) is 9.89 Å². The van der Waals surface area contributed by atoms with E-state index in [1.165, 1.54) is 0 Å². The van der Waals surface area contributed by atoms with Crippen molar-refractivity contribution < 1.29 is 4.79 Å². The zero-order chi connectivity index (χ0) is 12.4. The first-order valence-electron chi connectivity index (χ1n) is 5.57. The molecule has 0 radical (unpaired) electrons. The minimum Gasteiger partial charge on any atom is -0.324 e. The lowest BCUT2D eigenvalue weighted by molar-refractivity contribution is -0.115. The molecule has 0 bridgehead atoms. The highest BCUT2D eigenvalue weighted by atomic mass is 32.1. The van der Waals surface area contributed by atoms with Crippen LogP contribution in [0, 0.1) is 0 Å². The third kappa shape index (κ3) is 2.12. The molecule has 0 aliphatic heterocycles. The zero-order valence-corrected chi connectivity index (χ0v) is 10.3. The third-order valence-corrected chi connectivity index (χ3v) is 3.54. The first-order valence-corrected chi connectivity index (χ1v) is 6.45. The summed E-state index contributed by atoms with van der Waals surface area (Å²) in [4.78, 5) is 13.0. The predicted octanol–water partition coefficient (Wildman–Crippen LogP) is 2.81. The smallest absolute Gasteiger partial charge is 0.229 e. The lowest BCUT2D eigenvalue weighted by atomic mass is 10.2. The average Bonchev–Trinajstić information content (AvgIpc) is 2.99. The normalized spacial score (nSPS) is 10.7. The van der Waals surface area contributed by atoms with Gasteiger partial charge in [0.25, 0.3) is 0 Å². The number of para-hydroxylation sites is 1. The second-order valence-electron chi connectivity index (χ2n) is 3.94. The molecular weight excluding hydrogens is 246 g/mol. The number of rotatable bonds is 3. The van der Waals surface area contributed by atoms with Crippen LogP contribution in [0.5, 0.6) is 0 Å². The average molecular weight is 257 g/mol. The van der Waals surface area contributed by atoms with Gasteiger partial charge in [0, 0.05) is 10.3 Å². The van der Waals surface area contributed by atoms with Crippen LogP contribution in [-0.2, 0) is 11.2 Å². The van der Waals surface area contributed by atoms with Gasteiger partial charge in [0.2, 0.25) is 5.91 Å². The van der Waals surface area contributed by atoms with Gasteiger partial charge < -0.3 is 5.32 Å². The van der Waals surface area contributed by atoms with Crippen LogP contribution in [0.1, 0.15) is 4.88 Å². The fourth-order valence-corrected chi connectivity index (χ4v) is 2.54. The van der Waals surface area contributed by atoms with Gasteiger partial charge >= 0.3 is 0 Å². The van der Waals surface area contributed by atoms with E-state index in [0.29, 0.717) is 6.42 Å². The minimum absolute atomic E-state index is 0.0143. The van der Waals surface area contributed by atoms with E-state index in [1.54, 1.807) is 17.5 Å². The summed E-state index contributed by atoms with van der Waals surface area (Å²) in [7, 11) is 0. The fourth-order valence-electron chi connectivity index (χ4n) is 1.84. The van der Waals surface area contributed by atoms with Crippen molar-refractivity contribution in [3.8, 4) is 0 Å². The molecule has 5 heteroatoms. The van der Waals surface area contributed by atoms with Gasteiger partial charge in [-0.25, -0.2) is 0 Å². The molecule has 1 aromatic carbocycles. The van der Waals surface area contributed by atoms with Gasteiger partial charge in [0.1, 0.15) is 0 Å². The largest absolute Gasteiger partial charge is 0.324 e. The number of nitrogens with zero attached hydrogens (tertiary/aromatic N) is 1. The highest BCUT2D eigenvalue weighted by Gasteiger charge is 2.08. The number of carbonyl (C=O) groups is 1. The molecule has 0 saturated heterocycles. The monoisotopic (exact) mass is 257 g/mol. The highest BCUT2D eigenvalue weighted by Crippen LogP contribution is 2.20. The molecule has 0 spiro atoms. The van der Waals surface area contributed by atoms with Crippen LogP contribution in [0.25, 0.3) is 10.9 Å². The summed E-state index contributed by atoms with van der Waals surface area (Å²) in [6.07, 6.45) is 2.15. The van der Waals surface area contributed by atoms with Gasteiger partial charge in [-0.1, -0.05) is 18.2 Å². The topological polar surface area (TPSA) is 57.8 Å². The number of amides is 1. The zero-order valence-electron chi connectivity index (χ0n) is 9.51. The number of aromatic nitrogens is 2. The van der Waals surface area contributed by atoms with E-state index in [-0.39, 0.29) is 5.91 Å². The molecule has 0 aliphatic carbocycles. The van der Waals surface area contributed by atoms with Crippen molar-refractivity contribution in [1.29, 1.82) is 0 Å². The Hall–Kier alpha value is -2.14. The van der Waals surface area contributed by atoms with Gasteiger partial charge in [0.05, 0.1) is 23.8 Å². The van der Waals surface area contributed by atoms with Crippen LogP contribution < -0.4 is 5.32 Å². The van der Waals surface area contributed by atoms with E-state index in [1.807, 2.05) is 35.7 Å². The second kappa shape index (κ2) is 4.62. The molecule has 1 amide bonds. The lowest BCUT2D eigenvalue weighted by Crippen LogP contribution is -2.13. The summed E-state index contributed by atoms with van der Waals surface area (Å²) in [5.74, 6) is -0.0143. The number of thiophene rings is 1. The maximum atomic E-state index is 11.9. The van der Waals surface area contributed by atoms with Crippen molar-refractivity contribution in [1.82, 2.24) is 10.2 Å². The van der Waals surface area contributed by atoms with Crippen LogP contribution in [0.2, 0.25) is 0 Å². The SMILES string of the molecule is O=C(Cc1cccs1)Nc1cccc2cn[nH]c12. The molecule has 0 fully saturated rings. The minimum atomic E-state index is -0.0143. The predicted molar refractivity (Wildman–Crippen MR) is 72.7 cm³/mol. The Bertz CT molecular complexity index is 672. The Kier molecular flexibility index (Phi) is 2.82. The third-order valence-electron chi connectivity index (χ3n) is 2.67. The number of H-pyrrole nitrogens is 1. The summed E-state index contributed by atoms with van der Waals surface area (Å²) in [6.45, 7) is 0. The lowest BCUT2D eigenvalue weighted by Gasteiger charge is -2.05. The molecule has 2 heterocycles. The molecule has 2 aromatic heterocycles. The van der Waals surface area contributed by atoms with Crippen LogP contribution >= 0.6 is 11.3 Å². The Labute approximate surface area is 108 Å². The maximum Gasteiger partial charge on any atom is 0.229 e. The molecule has 3 rings (SSSR count). The van der Waals surface area contributed by atoms with E-state index in [0.717, 1.165) is 21.5 Å². The molecule has 18 heavy (non-hydrogen) atoms. The molecule has 3 aromatic rings. The number of fused-ring (bicyclic) bond motifs is 1. The molecule has 4 nitrogen and oxygen atoms in total. The second-order valence-corrected chi connectivity index (χ2v) is 4.98. The quantitative estimate of drug-likeness (QED) is 0.758. The van der Waals surface area contributed by atoms with E-state index in [9.17, 15) is 4.79 Å². The molecule has 90 valence electrons. The van der Waals surface area contributed by atoms with Crippen molar-refractivity contribution >= 4 is 33.8 Å². The van der Waals surface area contributed by atoms with E-state index in [4.69, 9.17) is 0 Å². The summed E-state index contributed by atoms with van der Waals surface area (Å²) in [5, 5.41) is 12.7. The summed E-state index contributed by atoms with van der Waals surface area (Å²) in [5.41, 5.74) is 1.63. The number of benzene rings is 1. The summed E-state index contributed by atoms with van der Waals surface area (Å²) in [6, 6.07) is 9.63. The van der Waals surface area contributed by atoms with Gasteiger partial charge in [-0.2, -0.15) is 5.10 Å². The van der Waals surface area contributed by atoms with Crippen molar-refractivity contribution in [3.05, 3.63) is 46.8 Å². The van der Waals surface area contributed by atoms with E-state index >= 15 is 0 Å². The van der Waals surface area contributed by atoms with Gasteiger partial charge in [-0.05, 0) is 17.5 Å². The van der Waals surface area contributed by atoms with Crippen LogP contribution in [0.3, 0.4) is 0 Å². The molecule has 0 unspecified atom stereocenters. The van der Waals surface area contributed by atoms with Crippen LogP contribution in [0.4, 0.5) is 5.69 Å². The van der Waals surface area contributed by atoms with Crippen molar-refractivity contribution in [2.24, 2.45) is 0 Å². The van der Waals surface area contributed by atoms with Crippen molar-refractivity contribution in [3.63, 3.8) is 0 Å². The number of hydrogen-bond acceptors (Lipinski definition) is 3. The summed E-state index contributed by atoms with van der Waals surface area (Å²) >= 11 is 1.59. The number of nitrogens with one attached hydrogen (secondary N) is 2. The van der Waals surface area contributed by atoms with Crippen molar-refractivity contribution in [2.45, 2.75) is 6.42 Å². The Balaban J connectivity index is 1.80. The number of hydrogen-bond donors (Lipinski definition) is 2. The van der Waals surface area contributed by atoms with Gasteiger partial charge in [0.15, 0.2) is 0 Å². The molecule has 2 N–H and O–H groups in total. The van der Waals surface area contributed by atoms with Gasteiger partial charge in [-0.15, -0.1) is 11.3 Å². The fraction of sp³-hybridized carbons (Fsp3) is 0.0769. The van der Waals surface area contributed by atoms with E-state index in [2.05, 4.69) is 15.5 Å². The summed E-state index contributed by atoms with van der Waals surface area (Å²) < 4.78 is 0. The Morgan fingerprint density at radius 2 is 2.28 bits per heavy atom. The molecule has 0 atom stereocenters. The number of anilines is 1. The molecule has 0 aliphatic rings. The maximum absolute atomic E-state index is 11.9. The number of aromatic amines is 1. The Morgan fingerprint density at radius 1 is 1.33 bits per heavy atom. The highest BCUT2D eigenvalue weighted by molar-refractivity contribution is 7.10. The molecule has 0 saturated carbocycles. The standard InChI is InChI=1S/C13H11N3OS/c17-12(7-10-4-2-6-18-10)15-11-5-1-3-9-8-14-16-13(9)11/h1-6,8H,7H2,(H,14,16)(H,15,17).